The van der Waals surface area contributed by atoms with E-state index in [1.54, 1.807) is 0 Å². The molecule has 5 nitrogen and oxygen atoms in total. The summed E-state index contributed by atoms with van der Waals surface area (Å²) in [4.78, 5) is 22.5. The summed E-state index contributed by atoms with van der Waals surface area (Å²) in [5.41, 5.74) is -0.148. The number of ether oxygens (including phenoxy) is 2. The number of esters is 2. The Labute approximate surface area is 125 Å². The molecular formula is C16H23NO4. The molecule has 0 aromatic rings. The molecule has 0 rings (SSSR count). The molecule has 0 aliphatic heterocycles. The second kappa shape index (κ2) is 9.69. The Hall–Kier alpha value is -2.17. The lowest BCUT2D eigenvalue weighted by atomic mass is 9.81. The molecule has 0 aromatic carbocycles. The van der Waals surface area contributed by atoms with Gasteiger partial charge in [-0.05, 0) is 25.3 Å². The number of rotatable bonds is 11. The fraction of sp³-hybridized carbons (Fsp3) is 0.438. The van der Waals surface area contributed by atoms with Crippen LogP contribution in [0.3, 0.4) is 0 Å². The van der Waals surface area contributed by atoms with Gasteiger partial charge in [0.05, 0.1) is 0 Å². The molecule has 5 heteroatoms. The maximum absolute atomic E-state index is 11.2. The topological polar surface area (TPSA) is 76.4 Å². The van der Waals surface area contributed by atoms with Crippen molar-refractivity contribution in [3.05, 3.63) is 38.0 Å². The highest BCUT2D eigenvalue weighted by Crippen LogP contribution is 2.30. The van der Waals surface area contributed by atoms with Crippen molar-refractivity contribution in [3.8, 4) is 0 Å². The zero-order chi connectivity index (χ0) is 16.3. The number of carbonyl (C=O) groups excluding carboxylic acids is 2. The van der Waals surface area contributed by atoms with Crippen LogP contribution in [-0.2, 0) is 19.1 Å². The molecule has 1 N–H and O–H groups in total. The minimum Gasteiger partial charge on any atom is -0.462 e. The lowest BCUT2D eigenvalue weighted by Gasteiger charge is -2.31. The summed E-state index contributed by atoms with van der Waals surface area (Å²) in [7, 11) is 0. The molecule has 0 saturated heterocycles. The van der Waals surface area contributed by atoms with Gasteiger partial charge < -0.3 is 14.9 Å². The number of allylic oxidation sites excluding steroid dienone is 1. The van der Waals surface area contributed by atoms with E-state index < -0.39 is 17.4 Å². The summed E-state index contributed by atoms with van der Waals surface area (Å²) in [6.45, 7) is 12.3. The van der Waals surface area contributed by atoms with Gasteiger partial charge in [-0.25, -0.2) is 9.59 Å². The Morgan fingerprint density at radius 3 is 1.86 bits per heavy atom. The zero-order valence-electron chi connectivity index (χ0n) is 12.5. The summed E-state index contributed by atoms with van der Waals surface area (Å²) < 4.78 is 10.2. The molecule has 116 valence electrons. The molecule has 0 spiro atoms. The number of nitrogens with one attached hydrogen (secondary N) is 1. The quantitative estimate of drug-likeness (QED) is 0.361. The van der Waals surface area contributed by atoms with Crippen LogP contribution in [0, 0.1) is 10.8 Å². The third-order valence-corrected chi connectivity index (χ3v) is 3.30. The summed E-state index contributed by atoms with van der Waals surface area (Å²) in [6.07, 6.45) is 5.28. The van der Waals surface area contributed by atoms with Crippen molar-refractivity contribution in [1.29, 1.82) is 5.41 Å². The highest BCUT2D eigenvalue weighted by Gasteiger charge is 2.31. The molecule has 0 aliphatic rings. The van der Waals surface area contributed by atoms with E-state index in [0.29, 0.717) is 25.0 Å². The van der Waals surface area contributed by atoms with E-state index in [0.717, 1.165) is 12.2 Å². The van der Waals surface area contributed by atoms with Crippen LogP contribution in [0.5, 0.6) is 0 Å². The molecule has 0 unspecified atom stereocenters. The van der Waals surface area contributed by atoms with Gasteiger partial charge in [-0.1, -0.05) is 26.7 Å². The van der Waals surface area contributed by atoms with Crippen LogP contribution < -0.4 is 0 Å². The van der Waals surface area contributed by atoms with Crippen LogP contribution in [-0.4, -0.2) is 30.9 Å². The Morgan fingerprint density at radius 2 is 1.52 bits per heavy atom. The van der Waals surface area contributed by atoms with Crippen molar-refractivity contribution in [2.45, 2.75) is 26.2 Å². The summed E-state index contributed by atoms with van der Waals surface area (Å²) in [5.74, 6) is -1.05. The Kier molecular flexibility index (Phi) is 8.69. The largest absolute Gasteiger partial charge is 0.462 e. The standard InChI is InChI=1S/C16H23NO4/c1-5-13(17)9-10-16(8-4,11-20-14(18)6-2)12-21-15(19)7-3/h5-7,17H,1-3,8-12H2,4H3. The Balaban J connectivity index is 4.87. The molecule has 0 amide bonds. The fourth-order valence-corrected chi connectivity index (χ4v) is 1.64. The van der Waals surface area contributed by atoms with Gasteiger partial charge in [0.15, 0.2) is 0 Å². The molecule has 0 heterocycles. The van der Waals surface area contributed by atoms with E-state index in [2.05, 4.69) is 19.7 Å². The summed E-state index contributed by atoms with van der Waals surface area (Å²) >= 11 is 0. The molecule has 0 radical (unpaired) electrons. The molecule has 0 bridgehead atoms. The molecule has 0 saturated carbocycles. The van der Waals surface area contributed by atoms with Crippen molar-refractivity contribution in [3.63, 3.8) is 0 Å². The minimum absolute atomic E-state index is 0.100. The predicted molar refractivity (Wildman–Crippen MR) is 82.2 cm³/mol. The van der Waals surface area contributed by atoms with E-state index in [1.807, 2.05) is 6.92 Å². The molecule has 0 fully saturated rings. The lowest BCUT2D eigenvalue weighted by Crippen LogP contribution is -2.34. The third-order valence-electron chi connectivity index (χ3n) is 3.30. The molecule has 0 atom stereocenters. The van der Waals surface area contributed by atoms with E-state index in [4.69, 9.17) is 14.9 Å². The van der Waals surface area contributed by atoms with Gasteiger partial charge in [0, 0.05) is 23.3 Å². The highest BCUT2D eigenvalue weighted by atomic mass is 16.5. The molecule has 0 aliphatic carbocycles. The first-order valence-corrected chi connectivity index (χ1v) is 6.71. The number of hydrogen-bond donors (Lipinski definition) is 1. The van der Waals surface area contributed by atoms with Crippen molar-refractivity contribution in [2.24, 2.45) is 5.41 Å². The van der Waals surface area contributed by atoms with Crippen LogP contribution in [0.15, 0.2) is 38.0 Å². The SMILES string of the molecule is C=CC(=N)CCC(CC)(COC(=O)C=C)COC(=O)C=C. The summed E-state index contributed by atoms with van der Waals surface area (Å²) in [6, 6.07) is 0. The van der Waals surface area contributed by atoms with E-state index in [1.165, 1.54) is 6.08 Å². The fourth-order valence-electron chi connectivity index (χ4n) is 1.64. The van der Waals surface area contributed by atoms with E-state index in [-0.39, 0.29) is 13.2 Å². The molecule has 0 aromatic heterocycles. The van der Waals surface area contributed by atoms with Crippen LogP contribution in [0.25, 0.3) is 0 Å². The first-order chi connectivity index (χ1) is 9.92. The van der Waals surface area contributed by atoms with Gasteiger partial charge >= 0.3 is 11.9 Å². The van der Waals surface area contributed by atoms with Gasteiger partial charge in [-0.15, -0.1) is 0 Å². The first-order valence-electron chi connectivity index (χ1n) is 6.71. The smallest absolute Gasteiger partial charge is 0.330 e. The summed E-state index contributed by atoms with van der Waals surface area (Å²) in [5, 5.41) is 7.63. The predicted octanol–water partition coefficient (Wildman–Crippen LogP) is 2.83. The molecule has 21 heavy (non-hydrogen) atoms. The zero-order valence-corrected chi connectivity index (χ0v) is 12.5. The van der Waals surface area contributed by atoms with Gasteiger partial charge in [-0.2, -0.15) is 0 Å². The minimum atomic E-state index is -0.535. The van der Waals surface area contributed by atoms with E-state index >= 15 is 0 Å². The van der Waals surface area contributed by atoms with Crippen LogP contribution >= 0.6 is 0 Å². The van der Waals surface area contributed by atoms with Gasteiger partial charge in [0.1, 0.15) is 13.2 Å². The molecular weight excluding hydrogens is 270 g/mol. The van der Waals surface area contributed by atoms with Crippen molar-refractivity contribution < 1.29 is 19.1 Å². The normalized spacial score (nSPS) is 10.3. The maximum Gasteiger partial charge on any atom is 0.330 e. The number of carbonyl (C=O) groups is 2. The maximum atomic E-state index is 11.2. The Bertz CT molecular complexity index is 366. The van der Waals surface area contributed by atoms with Crippen molar-refractivity contribution >= 4 is 17.7 Å². The second-order valence-corrected chi connectivity index (χ2v) is 4.71. The average Bonchev–Trinajstić information content (AvgIpc) is 2.53. The monoisotopic (exact) mass is 293 g/mol. The van der Waals surface area contributed by atoms with E-state index in [9.17, 15) is 9.59 Å². The van der Waals surface area contributed by atoms with Gasteiger partial charge in [-0.3, -0.25) is 0 Å². The first kappa shape index (κ1) is 18.8. The van der Waals surface area contributed by atoms with Crippen LogP contribution in [0.1, 0.15) is 26.2 Å². The highest BCUT2D eigenvalue weighted by molar-refractivity contribution is 5.91. The van der Waals surface area contributed by atoms with Gasteiger partial charge in [0.25, 0.3) is 0 Å². The lowest BCUT2D eigenvalue weighted by molar-refractivity contribution is -0.148. The van der Waals surface area contributed by atoms with Crippen molar-refractivity contribution in [1.82, 2.24) is 0 Å². The van der Waals surface area contributed by atoms with Crippen LogP contribution in [0.4, 0.5) is 0 Å². The second-order valence-electron chi connectivity index (χ2n) is 4.71. The number of hydrogen-bond acceptors (Lipinski definition) is 5. The van der Waals surface area contributed by atoms with Crippen molar-refractivity contribution in [2.75, 3.05) is 13.2 Å². The average molecular weight is 293 g/mol. The third kappa shape index (κ3) is 7.25. The van der Waals surface area contributed by atoms with Crippen LogP contribution in [0.2, 0.25) is 0 Å². The Morgan fingerprint density at radius 1 is 1.05 bits per heavy atom. The van der Waals surface area contributed by atoms with Gasteiger partial charge in [0.2, 0.25) is 0 Å².